The lowest BCUT2D eigenvalue weighted by Gasteiger charge is -2.22. The molecule has 3 nitrogen and oxygen atoms in total. The summed E-state index contributed by atoms with van der Waals surface area (Å²) in [6.07, 6.45) is 4.17. The second-order valence-corrected chi connectivity index (χ2v) is 5.38. The van der Waals surface area contributed by atoms with Crippen LogP contribution in [0.2, 0.25) is 0 Å². The molecule has 0 radical (unpaired) electrons. The molecule has 0 aliphatic heterocycles. The van der Waals surface area contributed by atoms with Gasteiger partial charge in [-0.15, -0.1) is 0 Å². The minimum absolute atomic E-state index is 0.0785. The van der Waals surface area contributed by atoms with Gasteiger partial charge in [0, 0.05) is 12.2 Å². The molecule has 3 rings (SSSR count). The average Bonchev–Trinajstić information content (AvgIpc) is 3.33. The Kier molecular flexibility index (Phi) is 3.95. The highest BCUT2D eigenvalue weighted by atomic mass is 19.1. The van der Waals surface area contributed by atoms with Crippen molar-refractivity contribution < 1.29 is 9.18 Å². The normalized spacial score (nSPS) is 14.0. The van der Waals surface area contributed by atoms with E-state index in [4.69, 9.17) is 0 Å². The Labute approximate surface area is 123 Å². The van der Waals surface area contributed by atoms with Crippen molar-refractivity contribution in [3.8, 4) is 0 Å². The second kappa shape index (κ2) is 6.04. The minimum atomic E-state index is -0.279. The SMILES string of the molecule is O=C(Cc1ccc(F)cc1)N(Cc1ccccn1)C1CC1. The van der Waals surface area contributed by atoms with Crippen LogP contribution < -0.4 is 0 Å². The van der Waals surface area contributed by atoms with Crippen molar-refractivity contribution in [1.29, 1.82) is 0 Å². The maximum Gasteiger partial charge on any atom is 0.227 e. The molecule has 1 heterocycles. The quantitative estimate of drug-likeness (QED) is 0.845. The van der Waals surface area contributed by atoms with Crippen LogP contribution in [0.5, 0.6) is 0 Å². The summed E-state index contributed by atoms with van der Waals surface area (Å²) in [5.41, 5.74) is 1.74. The molecular weight excluding hydrogens is 267 g/mol. The van der Waals surface area contributed by atoms with E-state index in [0.717, 1.165) is 24.1 Å². The molecule has 21 heavy (non-hydrogen) atoms. The number of aromatic nitrogens is 1. The van der Waals surface area contributed by atoms with Gasteiger partial charge >= 0.3 is 0 Å². The molecule has 1 saturated carbocycles. The van der Waals surface area contributed by atoms with Gasteiger partial charge in [0.1, 0.15) is 5.82 Å². The van der Waals surface area contributed by atoms with E-state index >= 15 is 0 Å². The zero-order chi connectivity index (χ0) is 14.7. The van der Waals surface area contributed by atoms with E-state index in [1.54, 1.807) is 18.3 Å². The lowest BCUT2D eigenvalue weighted by atomic mass is 10.1. The average molecular weight is 284 g/mol. The third-order valence-corrected chi connectivity index (χ3v) is 3.64. The molecule has 1 fully saturated rings. The highest BCUT2D eigenvalue weighted by Crippen LogP contribution is 2.28. The molecule has 0 unspecified atom stereocenters. The number of amides is 1. The van der Waals surface area contributed by atoms with Gasteiger partial charge in [-0.3, -0.25) is 9.78 Å². The first kappa shape index (κ1) is 13.7. The predicted molar refractivity (Wildman–Crippen MR) is 77.9 cm³/mol. The van der Waals surface area contributed by atoms with E-state index < -0.39 is 0 Å². The zero-order valence-corrected chi connectivity index (χ0v) is 11.7. The maximum absolute atomic E-state index is 12.9. The van der Waals surface area contributed by atoms with E-state index in [1.807, 2.05) is 23.1 Å². The fraction of sp³-hybridized carbons (Fsp3) is 0.294. The standard InChI is InChI=1S/C17H17FN2O/c18-14-6-4-13(5-7-14)11-17(21)20(16-8-9-16)12-15-3-1-2-10-19-15/h1-7,10,16H,8-9,11-12H2. The molecule has 0 bridgehead atoms. The van der Waals surface area contributed by atoms with Gasteiger partial charge in [-0.05, 0) is 42.7 Å². The van der Waals surface area contributed by atoms with Gasteiger partial charge in [0.25, 0.3) is 0 Å². The van der Waals surface area contributed by atoms with Gasteiger partial charge < -0.3 is 4.90 Å². The highest BCUT2D eigenvalue weighted by Gasteiger charge is 2.32. The number of nitrogens with zero attached hydrogens (tertiary/aromatic N) is 2. The van der Waals surface area contributed by atoms with Crippen molar-refractivity contribution in [3.63, 3.8) is 0 Å². The van der Waals surface area contributed by atoms with Crippen LogP contribution in [0.15, 0.2) is 48.7 Å². The smallest absolute Gasteiger partial charge is 0.227 e. The van der Waals surface area contributed by atoms with Gasteiger partial charge in [-0.25, -0.2) is 4.39 Å². The van der Waals surface area contributed by atoms with Gasteiger partial charge in [0.05, 0.1) is 18.7 Å². The van der Waals surface area contributed by atoms with Crippen molar-refractivity contribution in [2.24, 2.45) is 0 Å². The van der Waals surface area contributed by atoms with E-state index in [0.29, 0.717) is 19.0 Å². The summed E-state index contributed by atoms with van der Waals surface area (Å²) in [6.45, 7) is 0.547. The first-order valence-electron chi connectivity index (χ1n) is 7.16. The van der Waals surface area contributed by atoms with Crippen molar-refractivity contribution >= 4 is 5.91 Å². The van der Waals surface area contributed by atoms with Crippen LogP contribution in [-0.4, -0.2) is 21.8 Å². The molecule has 0 saturated heterocycles. The Balaban J connectivity index is 1.69. The predicted octanol–water partition coefficient (Wildman–Crippen LogP) is 2.95. The number of hydrogen-bond donors (Lipinski definition) is 0. The van der Waals surface area contributed by atoms with Crippen LogP contribution in [0.4, 0.5) is 4.39 Å². The summed E-state index contributed by atoms with van der Waals surface area (Å²) in [6, 6.07) is 12.2. The van der Waals surface area contributed by atoms with Gasteiger partial charge in [-0.1, -0.05) is 18.2 Å². The van der Waals surface area contributed by atoms with E-state index in [9.17, 15) is 9.18 Å². The third-order valence-electron chi connectivity index (χ3n) is 3.64. The Morgan fingerprint density at radius 1 is 1.19 bits per heavy atom. The number of benzene rings is 1. The van der Waals surface area contributed by atoms with Crippen LogP contribution in [0.3, 0.4) is 0 Å². The van der Waals surface area contributed by atoms with Crippen molar-refractivity contribution in [1.82, 2.24) is 9.88 Å². The van der Waals surface area contributed by atoms with Crippen LogP contribution in [0, 0.1) is 5.82 Å². The van der Waals surface area contributed by atoms with Crippen molar-refractivity contribution in [3.05, 3.63) is 65.7 Å². The minimum Gasteiger partial charge on any atom is -0.334 e. The summed E-state index contributed by atoms with van der Waals surface area (Å²) >= 11 is 0. The monoisotopic (exact) mass is 284 g/mol. The maximum atomic E-state index is 12.9. The summed E-state index contributed by atoms with van der Waals surface area (Å²) in [4.78, 5) is 18.7. The van der Waals surface area contributed by atoms with Crippen molar-refractivity contribution in [2.75, 3.05) is 0 Å². The molecular formula is C17H17FN2O. The topological polar surface area (TPSA) is 33.2 Å². The molecule has 1 aliphatic carbocycles. The van der Waals surface area contributed by atoms with Crippen LogP contribution >= 0.6 is 0 Å². The fourth-order valence-electron chi connectivity index (χ4n) is 2.35. The first-order chi connectivity index (χ1) is 10.2. The molecule has 0 N–H and O–H groups in total. The summed E-state index contributed by atoms with van der Waals surface area (Å²) < 4.78 is 12.9. The van der Waals surface area contributed by atoms with Crippen LogP contribution in [0.25, 0.3) is 0 Å². The zero-order valence-electron chi connectivity index (χ0n) is 11.7. The van der Waals surface area contributed by atoms with E-state index in [1.165, 1.54) is 12.1 Å². The van der Waals surface area contributed by atoms with Crippen LogP contribution in [-0.2, 0) is 17.8 Å². The molecule has 1 aliphatic rings. The number of hydrogen-bond acceptors (Lipinski definition) is 2. The molecule has 108 valence electrons. The Bertz CT molecular complexity index is 608. The Hall–Kier alpha value is -2.23. The number of carbonyl (C=O) groups excluding carboxylic acids is 1. The molecule has 1 aromatic carbocycles. The van der Waals surface area contributed by atoms with Gasteiger partial charge in [0.15, 0.2) is 0 Å². The third kappa shape index (κ3) is 3.66. The van der Waals surface area contributed by atoms with E-state index in [2.05, 4.69) is 4.98 Å². The summed E-state index contributed by atoms with van der Waals surface area (Å²) in [5, 5.41) is 0. The van der Waals surface area contributed by atoms with Crippen LogP contribution in [0.1, 0.15) is 24.1 Å². The van der Waals surface area contributed by atoms with E-state index in [-0.39, 0.29) is 11.7 Å². The Morgan fingerprint density at radius 2 is 1.95 bits per heavy atom. The van der Waals surface area contributed by atoms with Gasteiger partial charge in [0.2, 0.25) is 5.91 Å². The molecule has 1 aromatic heterocycles. The molecule has 0 atom stereocenters. The highest BCUT2D eigenvalue weighted by molar-refractivity contribution is 5.79. The van der Waals surface area contributed by atoms with Crippen molar-refractivity contribution in [2.45, 2.75) is 31.8 Å². The van der Waals surface area contributed by atoms with Gasteiger partial charge in [-0.2, -0.15) is 0 Å². The Morgan fingerprint density at radius 3 is 2.57 bits per heavy atom. The summed E-state index contributed by atoms with van der Waals surface area (Å²) in [5.74, 6) is -0.200. The molecule has 1 amide bonds. The molecule has 4 heteroatoms. The molecule has 0 spiro atoms. The summed E-state index contributed by atoms with van der Waals surface area (Å²) in [7, 11) is 0. The number of pyridine rings is 1. The second-order valence-electron chi connectivity index (χ2n) is 5.38. The molecule has 2 aromatic rings. The fourth-order valence-corrected chi connectivity index (χ4v) is 2.35. The number of carbonyl (C=O) groups is 1. The lowest BCUT2D eigenvalue weighted by molar-refractivity contribution is -0.131. The number of halogens is 1. The number of rotatable bonds is 5. The lowest BCUT2D eigenvalue weighted by Crippen LogP contribution is -2.34. The first-order valence-corrected chi connectivity index (χ1v) is 7.16. The largest absolute Gasteiger partial charge is 0.334 e.